The highest BCUT2D eigenvalue weighted by Gasteiger charge is 2.17. The number of rotatable bonds is 3. The zero-order valence-electron chi connectivity index (χ0n) is 13.0. The Hall–Kier alpha value is -1.89. The number of nitrogens with one attached hydrogen (secondary N) is 1. The molecule has 1 aliphatic heterocycles. The minimum absolute atomic E-state index is 0.0651. The molecular formula is C16H19BrN4O2. The summed E-state index contributed by atoms with van der Waals surface area (Å²) in [5.74, 6) is 0.537. The van der Waals surface area contributed by atoms with Gasteiger partial charge in [-0.3, -0.25) is 9.36 Å². The Morgan fingerprint density at radius 2 is 2.17 bits per heavy atom. The molecule has 2 heterocycles. The summed E-state index contributed by atoms with van der Waals surface area (Å²) in [5, 5.41) is 7.12. The normalized spacial score (nSPS) is 14.2. The molecule has 0 saturated carbocycles. The van der Waals surface area contributed by atoms with Gasteiger partial charge in [-0.2, -0.15) is 5.10 Å². The Bertz CT molecular complexity index is 794. The number of benzene rings is 1. The van der Waals surface area contributed by atoms with Crippen LogP contribution >= 0.6 is 15.9 Å². The van der Waals surface area contributed by atoms with Gasteiger partial charge in [0, 0.05) is 23.1 Å². The average molecular weight is 379 g/mol. The number of hydrogen-bond acceptors (Lipinski definition) is 3. The molecule has 1 aliphatic rings. The van der Waals surface area contributed by atoms with E-state index in [1.54, 1.807) is 4.57 Å². The van der Waals surface area contributed by atoms with Crippen molar-refractivity contribution in [2.24, 2.45) is 0 Å². The number of halogens is 1. The summed E-state index contributed by atoms with van der Waals surface area (Å²) < 4.78 is 3.89. The predicted molar refractivity (Wildman–Crippen MR) is 91.6 cm³/mol. The van der Waals surface area contributed by atoms with Crippen molar-refractivity contribution < 1.29 is 4.79 Å². The van der Waals surface area contributed by atoms with E-state index in [0.29, 0.717) is 12.2 Å². The fraction of sp³-hybridized carbons (Fsp3) is 0.438. The molecule has 1 aromatic heterocycles. The van der Waals surface area contributed by atoms with Crippen molar-refractivity contribution >= 4 is 27.5 Å². The molecule has 0 saturated heterocycles. The summed E-state index contributed by atoms with van der Waals surface area (Å²) in [4.78, 5) is 24.5. The second-order valence-electron chi connectivity index (χ2n) is 5.83. The average Bonchev–Trinajstić information content (AvgIpc) is 2.68. The van der Waals surface area contributed by atoms with E-state index in [1.807, 2.05) is 25.1 Å². The summed E-state index contributed by atoms with van der Waals surface area (Å²) in [7, 11) is 0. The lowest BCUT2D eigenvalue weighted by Crippen LogP contribution is -2.30. The van der Waals surface area contributed by atoms with Crippen molar-refractivity contribution in [3.8, 4) is 0 Å². The lowest BCUT2D eigenvalue weighted by Gasteiger charge is -2.06. The van der Waals surface area contributed by atoms with E-state index in [2.05, 4.69) is 26.3 Å². The Labute approximate surface area is 142 Å². The maximum absolute atomic E-state index is 12.3. The van der Waals surface area contributed by atoms with Crippen LogP contribution in [-0.4, -0.2) is 20.3 Å². The fourth-order valence-electron chi connectivity index (χ4n) is 2.74. The van der Waals surface area contributed by atoms with Crippen LogP contribution in [0.3, 0.4) is 0 Å². The second kappa shape index (κ2) is 6.70. The van der Waals surface area contributed by atoms with Crippen molar-refractivity contribution in [3.63, 3.8) is 0 Å². The van der Waals surface area contributed by atoms with Crippen LogP contribution in [0.15, 0.2) is 27.5 Å². The zero-order valence-corrected chi connectivity index (χ0v) is 14.6. The van der Waals surface area contributed by atoms with Gasteiger partial charge < -0.3 is 5.32 Å². The largest absolute Gasteiger partial charge is 0.346 e. The molecule has 0 radical (unpaired) electrons. The van der Waals surface area contributed by atoms with Gasteiger partial charge in [-0.1, -0.05) is 28.4 Å². The third-order valence-electron chi connectivity index (χ3n) is 4.03. The maximum atomic E-state index is 12.3. The SMILES string of the molecule is Cc1ccc(NC(=O)Cn2nc3n(c2=O)CCCCC3)cc1Br. The monoisotopic (exact) mass is 378 g/mol. The summed E-state index contributed by atoms with van der Waals surface area (Å²) in [6.07, 6.45) is 3.95. The number of amides is 1. The van der Waals surface area contributed by atoms with Crippen molar-refractivity contribution in [2.75, 3.05) is 5.32 Å². The van der Waals surface area contributed by atoms with Gasteiger partial charge in [-0.05, 0) is 37.5 Å². The molecule has 0 bridgehead atoms. The van der Waals surface area contributed by atoms with Crippen molar-refractivity contribution in [3.05, 3.63) is 44.5 Å². The van der Waals surface area contributed by atoms with Crippen molar-refractivity contribution in [2.45, 2.75) is 45.7 Å². The number of nitrogens with zero attached hydrogens (tertiary/aromatic N) is 3. The molecule has 1 N–H and O–H groups in total. The van der Waals surface area contributed by atoms with Crippen LogP contribution in [0, 0.1) is 6.92 Å². The van der Waals surface area contributed by atoms with E-state index in [1.165, 1.54) is 4.68 Å². The summed E-state index contributed by atoms with van der Waals surface area (Å²) >= 11 is 3.44. The van der Waals surface area contributed by atoms with E-state index in [0.717, 1.165) is 41.5 Å². The first-order chi connectivity index (χ1) is 11.0. The highest BCUT2D eigenvalue weighted by molar-refractivity contribution is 9.10. The van der Waals surface area contributed by atoms with Crippen LogP contribution in [-0.2, 0) is 24.3 Å². The minimum Gasteiger partial charge on any atom is -0.324 e. The fourth-order valence-corrected chi connectivity index (χ4v) is 3.11. The minimum atomic E-state index is -0.254. The van der Waals surface area contributed by atoms with E-state index in [-0.39, 0.29) is 18.1 Å². The van der Waals surface area contributed by atoms with E-state index in [4.69, 9.17) is 0 Å². The number of aryl methyl sites for hydroxylation is 2. The van der Waals surface area contributed by atoms with Gasteiger partial charge in [0.25, 0.3) is 0 Å². The van der Waals surface area contributed by atoms with E-state index >= 15 is 0 Å². The van der Waals surface area contributed by atoms with Gasteiger partial charge in [-0.25, -0.2) is 9.48 Å². The van der Waals surface area contributed by atoms with Crippen LogP contribution in [0.25, 0.3) is 0 Å². The van der Waals surface area contributed by atoms with Gasteiger partial charge in [-0.15, -0.1) is 0 Å². The Morgan fingerprint density at radius 3 is 2.96 bits per heavy atom. The number of anilines is 1. The smallest absolute Gasteiger partial charge is 0.324 e. The molecule has 0 atom stereocenters. The highest BCUT2D eigenvalue weighted by Crippen LogP contribution is 2.20. The van der Waals surface area contributed by atoms with Crippen molar-refractivity contribution in [1.82, 2.24) is 14.3 Å². The first kappa shape index (κ1) is 16.0. The van der Waals surface area contributed by atoms with Crippen LogP contribution < -0.4 is 11.0 Å². The van der Waals surface area contributed by atoms with Gasteiger partial charge in [0.05, 0.1) is 0 Å². The standard InChI is InChI=1S/C16H19BrN4O2/c1-11-6-7-12(9-13(11)17)18-15(22)10-21-16(23)20-8-4-2-3-5-14(20)19-21/h6-7,9H,2-5,8,10H2,1H3,(H,18,22). The molecule has 23 heavy (non-hydrogen) atoms. The molecule has 0 unspecified atom stereocenters. The lowest BCUT2D eigenvalue weighted by atomic mass is 10.2. The number of aromatic nitrogens is 3. The second-order valence-corrected chi connectivity index (χ2v) is 6.69. The topological polar surface area (TPSA) is 68.9 Å². The van der Waals surface area contributed by atoms with E-state index < -0.39 is 0 Å². The molecule has 0 fully saturated rings. The van der Waals surface area contributed by atoms with Gasteiger partial charge in [0.15, 0.2) is 0 Å². The van der Waals surface area contributed by atoms with Crippen LogP contribution in [0.4, 0.5) is 5.69 Å². The lowest BCUT2D eigenvalue weighted by molar-refractivity contribution is -0.117. The molecule has 0 aliphatic carbocycles. The molecule has 1 amide bonds. The third kappa shape index (κ3) is 3.55. The molecule has 0 spiro atoms. The van der Waals surface area contributed by atoms with Gasteiger partial charge in [0.1, 0.15) is 12.4 Å². The Balaban J connectivity index is 1.73. The molecule has 1 aromatic carbocycles. The van der Waals surface area contributed by atoms with Gasteiger partial charge in [0.2, 0.25) is 5.91 Å². The molecular weight excluding hydrogens is 360 g/mol. The predicted octanol–water partition coefficient (Wildman–Crippen LogP) is 2.48. The van der Waals surface area contributed by atoms with Crippen molar-refractivity contribution in [1.29, 1.82) is 0 Å². The Kier molecular flexibility index (Phi) is 4.66. The first-order valence-electron chi connectivity index (χ1n) is 7.77. The summed E-state index contributed by atoms with van der Waals surface area (Å²) in [6.45, 7) is 2.61. The van der Waals surface area contributed by atoms with Gasteiger partial charge >= 0.3 is 5.69 Å². The molecule has 6 nitrogen and oxygen atoms in total. The zero-order chi connectivity index (χ0) is 16.4. The summed E-state index contributed by atoms with van der Waals surface area (Å²) in [6, 6.07) is 5.60. The first-order valence-corrected chi connectivity index (χ1v) is 8.56. The molecule has 2 aromatic rings. The summed E-state index contributed by atoms with van der Waals surface area (Å²) in [5.41, 5.74) is 1.60. The highest BCUT2D eigenvalue weighted by atomic mass is 79.9. The Morgan fingerprint density at radius 1 is 1.35 bits per heavy atom. The number of fused-ring (bicyclic) bond motifs is 1. The van der Waals surface area contributed by atoms with Crippen LogP contribution in [0.1, 0.15) is 30.7 Å². The number of carbonyl (C=O) groups excluding carboxylic acids is 1. The third-order valence-corrected chi connectivity index (χ3v) is 4.88. The molecule has 7 heteroatoms. The van der Waals surface area contributed by atoms with Crippen LogP contribution in [0.5, 0.6) is 0 Å². The maximum Gasteiger partial charge on any atom is 0.346 e. The quantitative estimate of drug-likeness (QED) is 0.891. The molecule has 122 valence electrons. The molecule has 3 rings (SSSR count). The number of carbonyl (C=O) groups is 1. The number of hydrogen-bond donors (Lipinski definition) is 1. The van der Waals surface area contributed by atoms with Crippen LogP contribution in [0.2, 0.25) is 0 Å². The van der Waals surface area contributed by atoms with E-state index in [9.17, 15) is 9.59 Å².